The first-order chi connectivity index (χ1) is 13.0. The van der Waals surface area contributed by atoms with Gasteiger partial charge in [0.15, 0.2) is 0 Å². The molecule has 3 N–H and O–H groups in total. The number of aliphatic hydroxyl groups excluding tert-OH is 1. The lowest BCUT2D eigenvalue weighted by Crippen LogP contribution is -2.20. The SMILES string of the molecule is O=S(=O)(Nc1cnn(C2CCOCC2)c1)c1ccc(NCC(O)CCl)cc1. The Hall–Kier alpha value is -1.81. The number of benzene rings is 1. The Morgan fingerprint density at radius 2 is 1.96 bits per heavy atom. The maximum absolute atomic E-state index is 12.6. The molecule has 10 heteroatoms. The van der Waals surface area contributed by atoms with Crippen LogP contribution in [0.4, 0.5) is 11.4 Å². The number of sulfonamides is 1. The molecule has 0 bridgehead atoms. The van der Waals surface area contributed by atoms with Crippen LogP contribution in [0.3, 0.4) is 0 Å². The second-order valence-electron chi connectivity index (χ2n) is 6.37. The van der Waals surface area contributed by atoms with Crippen molar-refractivity contribution in [1.29, 1.82) is 0 Å². The van der Waals surface area contributed by atoms with E-state index in [0.717, 1.165) is 12.8 Å². The number of anilines is 2. The highest BCUT2D eigenvalue weighted by Gasteiger charge is 2.19. The summed E-state index contributed by atoms with van der Waals surface area (Å²) in [6.45, 7) is 1.67. The maximum atomic E-state index is 12.6. The summed E-state index contributed by atoms with van der Waals surface area (Å²) in [5.74, 6) is 0.130. The molecule has 1 fully saturated rings. The fraction of sp³-hybridized carbons (Fsp3) is 0.471. The number of nitrogens with one attached hydrogen (secondary N) is 2. The lowest BCUT2D eigenvalue weighted by molar-refractivity contribution is 0.0662. The van der Waals surface area contributed by atoms with Gasteiger partial charge in [0.05, 0.1) is 34.8 Å². The molecule has 0 saturated carbocycles. The third-order valence-electron chi connectivity index (χ3n) is 4.30. The Bertz CT molecular complexity index is 835. The van der Waals surface area contributed by atoms with Gasteiger partial charge in [0.25, 0.3) is 10.0 Å². The van der Waals surface area contributed by atoms with Crippen molar-refractivity contribution in [3.8, 4) is 0 Å². The zero-order chi connectivity index (χ0) is 19.3. The van der Waals surface area contributed by atoms with E-state index >= 15 is 0 Å². The monoisotopic (exact) mass is 414 g/mol. The number of aliphatic hydroxyl groups is 1. The molecule has 1 atom stereocenters. The molecule has 0 spiro atoms. The van der Waals surface area contributed by atoms with Gasteiger partial charge >= 0.3 is 0 Å². The van der Waals surface area contributed by atoms with Crippen LogP contribution in [-0.2, 0) is 14.8 Å². The van der Waals surface area contributed by atoms with Crippen molar-refractivity contribution in [1.82, 2.24) is 9.78 Å². The number of hydrogen-bond acceptors (Lipinski definition) is 6. The van der Waals surface area contributed by atoms with Crippen molar-refractivity contribution in [2.24, 2.45) is 0 Å². The van der Waals surface area contributed by atoms with Gasteiger partial charge in [-0.3, -0.25) is 9.40 Å². The van der Waals surface area contributed by atoms with Crippen LogP contribution in [0.1, 0.15) is 18.9 Å². The van der Waals surface area contributed by atoms with Crippen molar-refractivity contribution in [2.45, 2.75) is 29.9 Å². The predicted molar refractivity (Wildman–Crippen MR) is 104 cm³/mol. The molecule has 0 aliphatic carbocycles. The summed E-state index contributed by atoms with van der Waals surface area (Å²) in [4.78, 5) is 0.143. The van der Waals surface area contributed by atoms with E-state index in [4.69, 9.17) is 16.3 Å². The van der Waals surface area contributed by atoms with Crippen LogP contribution in [0.15, 0.2) is 41.6 Å². The van der Waals surface area contributed by atoms with Crippen LogP contribution in [0, 0.1) is 0 Å². The largest absolute Gasteiger partial charge is 0.390 e. The first-order valence-corrected chi connectivity index (χ1v) is 10.7. The van der Waals surface area contributed by atoms with Crippen LogP contribution in [0.25, 0.3) is 0 Å². The summed E-state index contributed by atoms with van der Waals surface area (Å²) in [5.41, 5.74) is 1.12. The molecule has 1 aromatic carbocycles. The standard InChI is InChI=1S/C17H23ClN4O4S/c18-9-16(23)11-19-13-1-3-17(4-2-13)27(24,25)21-14-10-20-22(12-14)15-5-7-26-8-6-15/h1-4,10,12,15-16,19,21,23H,5-9,11H2. The van der Waals surface area contributed by atoms with Gasteiger partial charge < -0.3 is 15.2 Å². The number of alkyl halides is 1. The van der Waals surface area contributed by atoms with E-state index in [2.05, 4.69) is 15.1 Å². The van der Waals surface area contributed by atoms with Gasteiger partial charge in [-0.2, -0.15) is 5.10 Å². The smallest absolute Gasteiger partial charge is 0.261 e. The first kappa shape index (κ1) is 19.9. The van der Waals surface area contributed by atoms with E-state index < -0.39 is 16.1 Å². The predicted octanol–water partition coefficient (Wildman–Crippen LogP) is 2.05. The number of hydrogen-bond donors (Lipinski definition) is 3. The zero-order valence-electron chi connectivity index (χ0n) is 14.7. The maximum Gasteiger partial charge on any atom is 0.261 e. The van der Waals surface area contributed by atoms with Gasteiger partial charge in [0.2, 0.25) is 0 Å². The molecule has 1 unspecified atom stereocenters. The lowest BCUT2D eigenvalue weighted by Gasteiger charge is -2.22. The average molecular weight is 415 g/mol. The Morgan fingerprint density at radius 3 is 2.63 bits per heavy atom. The van der Waals surface area contributed by atoms with Gasteiger partial charge in [-0.15, -0.1) is 11.6 Å². The normalized spacial score (nSPS) is 16.8. The third-order valence-corrected chi connectivity index (χ3v) is 6.06. The molecule has 0 amide bonds. The Labute approximate surface area is 163 Å². The number of ether oxygens (including phenoxy) is 1. The average Bonchev–Trinajstić information content (AvgIpc) is 3.15. The summed E-state index contributed by atoms with van der Waals surface area (Å²) in [5, 5.41) is 16.7. The molecule has 8 nitrogen and oxygen atoms in total. The van der Waals surface area contributed by atoms with Crippen molar-refractivity contribution in [3.63, 3.8) is 0 Å². The highest BCUT2D eigenvalue weighted by atomic mass is 35.5. The van der Waals surface area contributed by atoms with E-state index in [1.54, 1.807) is 23.0 Å². The van der Waals surface area contributed by atoms with Gasteiger partial charge in [-0.25, -0.2) is 8.42 Å². The van der Waals surface area contributed by atoms with Gasteiger partial charge in [0.1, 0.15) is 0 Å². The number of rotatable bonds is 8. The molecule has 3 rings (SSSR count). The fourth-order valence-corrected chi connectivity index (χ4v) is 3.93. The summed E-state index contributed by atoms with van der Waals surface area (Å²) in [6.07, 6.45) is 4.28. The van der Waals surface area contributed by atoms with E-state index in [9.17, 15) is 13.5 Å². The third kappa shape index (κ3) is 5.35. The van der Waals surface area contributed by atoms with E-state index in [-0.39, 0.29) is 16.8 Å². The fourth-order valence-electron chi connectivity index (χ4n) is 2.80. The van der Waals surface area contributed by atoms with Crippen molar-refractivity contribution >= 4 is 33.0 Å². The summed E-state index contributed by atoms with van der Waals surface area (Å²) < 4.78 is 34.8. The molecule has 0 radical (unpaired) electrons. The van der Waals surface area contributed by atoms with Gasteiger partial charge in [-0.1, -0.05) is 0 Å². The first-order valence-electron chi connectivity index (χ1n) is 8.70. The molecule has 2 heterocycles. The second kappa shape index (κ2) is 8.92. The van der Waals surface area contributed by atoms with Crippen LogP contribution in [0.2, 0.25) is 0 Å². The van der Waals surface area contributed by atoms with Gasteiger partial charge in [0, 0.05) is 31.6 Å². The zero-order valence-corrected chi connectivity index (χ0v) is 16.3. The minimum absolute atomic E-state index is 0.130. The molecule has 1 aliphatic heterocycles. The number of halogens is 1. The molecule has 1 aliphatic rings. The Morgan fingerprint density at radius 1 is 1.26 bits per heavy atom. The number of aromatic nitrogens is 2. The highest BCUT2D eigenvalue weighted by molar-refractivity contribution is 7.92. The number of nitrogens with zero attached hydrogens (tertiary/aromatic N) is 2. The minimum atomic E-state index is -3.71. The van der Waals surface area contributed by atoms with Crippen molar-refractivity contribution in [2.75, 3.05) is 35.7 Å². The quantitative estimate of drug-likeness (QED) is 0.571. The van der Waals surface area contributed by atoms with Crippen molar-refractivity contribution in [3.05, 3.63) is 36.7 Å². The summed E-state index contributed by atoms with van der Waals surface area (Å²) >= 11 is 5.54. The van der Waals surface area contributed by atoms with Crippen LogP contribution in [-0.4, -0.2) is 55.0 Å². The van der Waals surface area contributed by atoms with Crippen LogP contribution >= 0.6 is 11.6 Å². The molecular formula is C17H23ClN4O4S. The molecule has 2 aromatic rings. The van der Waals surface area contributed by atoms with E-state index in [0.29, 0.717) is 31.1 Å². The molecule has 27 heavy (non-hydrogen) atoms. The molecule has 148 valence electrons. The summed E-state index contributed by atoms with van der Waals surface area (Å²) in [7, 11) is -3.71. The van der Waals surface area contributed by atoms with Crippen LogP contribution in [0.5, 0.6) is 0 Å². The van der Waals surface area contributed by atoms with Crippen LogP contribution < -0.4 is 10.0 Å². The topological polar surface area (TPSA) is 105 Å². The second-order valence-corrected chi connectivity index (χ2v) is 8.36. The Kier molecular flexibility index (Phi) is 6.59. The Balaban J connectivity index is 1.63. The van der Waals surface area contributed by atoms with Crippen molar-refractivity contribution < 1.29 is 18.3 Å². The lowest BCUT2D eigenvalue weighted by atomic mass is 10.1. The highest BCUT2D eigenvalue weighted by Crippen LogP contribution is 2.23. The summed E-state index contributed by atoms with van der Waals surface area (Å²) in [6, 6.07) is 6.51. The molecular weight excluding hydrogens is 392 g/mol. The minimum Gasteiger partial charge on any atom is -0.390 e. The van der Waals surface area contributed by atoms with Gasteiger partial charge in [-0.05, 0) is 37.1 Å². The molecule has 1 saturated heterocycles. The van der Waals surface area contributed by atoms with E-state index in [1.807, 2.05) is 0 Å². The molecule has 1 aromatic heterocycles. The van der Waals surface area contributed by atoms with E-state index in [1.165, 1.54) is 18.3 Å².